The highest BCUT2D eigenvalue weighted by Gasteiger charge is 2.14. The molecule has 8 heteroatoms. The maximum atomic E-state index is 14.4. The second-order valence-corrected chi connectivity index (χ2v) is 5.42. The van der Waals surface area contributed by atoms with Gasteiger partial charge in [0.05, 0.1) is 13.2 Å². The summed E-state index contributed by atoms with van der Waals surface area (Å²) in [6, 6.07) is 11.6. The van der Waals surface area contributed by atoms with Crippen molar-refractivity contribution in [2.24, 2.45) is 7.05 Å². The number of tetrazole rings is 1. The summed E-state index contributed by atoms with van der Waals surface area (Å²) in [5.74, 6) is 1.26. The van der Waals surface area contributed by atoms with Crippen LogP contribution in [0.1, 0.15) is 18.8 Å². The van der Waals surface area contributed by atoms with Crippen LogP contribution in [-0.2, 0) is 7.05 Å². The molecule has 3 rings (SSSR count). The molecule has 1 atom stereocenters. The van der Waals surface area contributed by atoms with E-state index in [0.717, 1.165) is 0 Å². The van der Waals surface area contributed by atoms with Crippen LogP contribution in [0.4, 0.5) is 10.1 Å². The molecular weight excluding hydrogens is 325 g/mol. The molecule has 3 aromatic rings. The maximum Gasteiger partial charge on any atom is 0.173 e. The maximum absolute atomic E-state index is 14.4. The van der Waals surface area contributed by atoms with Gasteiger partial charge < -0.3 is 14.8 Å². The van der Waals surface area contributed by atoms with E-state index >= 15 is 0 Å². The molecule has 0 saturated heterocycles. The molecule has 0 spiro atoms. The number of benzene rings is 2. The predicted molar refractivity (Wildman–Crippen MR) is 90.3 cm³/mol. The first-order valence-corrected chi connectivity index (χ1v) is 7.67. The molecule has 2 aromatic carbocycles. The summed E-state index contributed by atoms with van der Waals surface area (Å²) < 4.78 is 26.8. The van der Waals surface area contributed by atoms with E-state index < -0.39 is 5.82 Å². The lowest BCUT2D eigenvalue weighted by atomic mass is 10.2. The normalized spacial score (nSPS) is 11.8. The lowest BCUT2D eigenvalue weighted by Crippen LogP contribution is -2.12. The Morgan fingerprint density at radius 3 is 2.52 bits per heavy atom. The Kier molecular flexibility index (Phi) is 4.78. The molecule has 130 valence electrons. The van der Waals surface area contributed by atoms with Gasteiger partial charge in [0.25, 0.3) is 0 Å². The minimum Gasteiger partial charge on any atom is -0.493 e. The summed E-state index contributed by atoms with van der Waals surface area (Å²) in [6.45, 7) is 1.89. The van der Waals surface area contributed by atoms with Crippen LogP contribution < -0.4 is 14.8 Å². The van der Waals surface area contributed by atoms with Gasteiger partial charge in [-0.1, -0.05) is 12.1 Å². The van der Waals surface area contributed by atoms with Gasteiger partial charge in [-0.3, -0.25) is 0 Å². The largest absolute Gasteiger partial charge is 0.493 e. The Balaban J connectivity index is 1.76. The average molecular weight is 343 g/mol. The number of hydrogen-bond acceptors (Lipinski definition) is 6. The van der Waals surface area contributed by atoms with Gasteiger partial charge in [-0.2, -0.15) is 0 Å². The molecule has 0 fully saturated rings. The number of hydrogen-bond donors (Lipinski definition) is 1. The molecule has 0 radical (unpaired) electrons. The Morgan fingerprint density at radius 2 is 1.88 bits per heavy atom. The van der Waals surface area contributed by atoms with E-state index in [1.807, 2.05) is 13.0 Å². The molecular formula is C17H18FN5O2. The Labute approximate surface area is 144 Å². The molecule has 0 amide bonds. The highest BCUT2D eigenvalue weighted by Crippen LogP contribution is 2.33. The summed E-state index contributed by atoms with van der Waals surface area (Å²) in [6.07, 6.45) is 0. The second-order valence-electron chi connectivity index (χ2n) is 5.42. The van der Waals surface area contributed by atoms with E-state index in [4.69, 9.17) is 9.47 Å². The van der Waals surface area contributed by atoms with E-state index in [0.29, 0.717) is 23.0 Å². The third-order valence-electron chi connectivity index (χ3n) is 3.64. The fraction of sp³-hybridized carbons (Fsp3) is 0.235. The molecule has 0 bridgehead atoms. The van der Waals surface area contributed by atoms with Gasteiger partial charge in [-0.05, 0) is 41.6 Å². The van der Waals surface area contributed by atoms with Crippen molar-refractivity contribution in [1.82, 2.24) is 20.2 Å². The van der Waals surface area contributed by atoms with E-state index in [9.17, 15) is 4.39 Å². The molecule has 1 unspecified atom stereocenters. The van der Waals surface area contributed by atoms with Crippen molar-refractivity contribution in [3.8, 4) is 17.2 Å². The quantitative estimate of drug-likeness (QED) is 0.740. The van der Waals surface area contributed by atoms with E-state index in [-0.39, 0.29) is 11.8 Å². The molecule has 0 saturated carbocycles. The van der Waals surface area contributed by atoms with Gasteiger partial charge in [-0.25, -0.2) is 9.07 Å². The molecule has 1 heterocycles. The molecule has 0 aliphatic rings. The van der Waals surface area contributed by atoms with Gasteiger partial charge >= 0.3 is 0 Å². The first kappa shape index (κ1) is 16.7. The Morgan fingerprint density at radius 1 is 1.12 bits per heavy atom. The topological polar surface area (TPSA) is 74.1 Å². The number of aromatic nitrogens is 4. The van der Waals surface area contributed by atoms with Crippen LogP contribution in [0, 0.1) is 5.82 Å². The molecule has 0 aliphatic heterocycles. The number of anilines is 1. The zero-order valence-electron chi connectivity index (χ0n) is 14.1. The van der Waals surface area contributed by atoms with Gasteiger partial charge in [0.1, 0.15) is 0 Å². The number of para-hydroxylation sites is 2. The van der Waals surface area contributed by atoms with Crippen molar-refractivity contribution < 1.29 is 13.9 Å². The van der Waals surface area contributed by atoms with Crippen LogP contribution in [0.2, 0.25) is 0 Å². The number of aryl methyl sites for hydroxylation is 1. The van der Waals surface area contributed by atoms with Crippen LogP contribution >= 0.6 is 0 Å². The highest BCUT2D eigenvalue weighted by atomic mass is 19.1. The second kappa shape index (κ2) is 7.16. The minimum atomic E-state index is -0.487. The average Bonchev–Trinajstić information content (AvgIpc) is 3.04. The van der Waals surface area contributed by atoms with Crippen LogP contribution in [0.25, 0.3) is 0 Å². The third-order valence-corrected chi connectivity index (χ3v) is 3.64. The number of nitrogens with one attached hydrogen (secondary N) is 1. The van der Waals surface area contributed by atoms with Crippen molar-refractivity contribution in [2.75, 3.05) is 12.4 Å². The lowest BCUT2D eigenvalue weighted by Gasteiger charge is -2.15. The first-order chi connectivity index (χ1) is 12.1. The SMILES string of the molecule is COc1ccccc1Oc1ccc(NC(C)c2nnnn2C)cc1F. The van der Waals surface area contributed by atoms with Crippen LogP contribution in [-0.4, -0.2) is 27.3 Å². The van der Waals surface area contributed by atoms with E-state index in [1.165, 1.54) is 13.2 Å². The van der Waals surface area contributed by atoms with Crippen molar-refractivity contribution in [3.05, 3.63) is 54.1 Å². The molecule has 0 aliphatic carbocycles. The standard InChI is InChI=1S/C17H18FN5O2/c1-11(17-20-21-22-23(17)2)19-12-8-9-14(13(18)10-12)25-16-7-5-4-6-15(16)24-3/h4-11,19H,1-3H3. The highest BCUT2D eigenvalue weighted by molar-refractivity contribution is 5.50. The summed E-state index contributed by atoms with van der Waals surface area (Å²) in [4.78, 5) is 0. The molecule has 25 heavy (non-hydrogen) atoms. The fourth-order valence-electron chi connectivity index (χ4n) is 2.41. The number of methoxy groups -OCH3 is 1. The van der Waals surface area contributed by atoms with Gasteiger partial charge in [0, 0.05) is 18.8 Å². The minimum absolute atomic E-state index is 0.114. The van der Waals surface area contributed by atoms with Crippen molar-refractivity contribution >= 4 is 5.69 Å². The Hall–Kier alpha value is -3.16. The first-order valence-electron chi connectivity index (χ1n) is 7.67. The van der Waals surface area contributed by atoms with Crippen molar-refractivity contribution in [1.29, 1.82) is 0 Å². The van der Waals surface area contributed by atoms with Crippen molar-refractivity contribution in [2.45, 2.75) is 13.0 Å². The van der Waals surface area contributed by atoms with Gasteiger partial charge in [-0.15, -0.1) is 5.10 Å². The Bertz CT molecular complexity index is 868. The smallest absolute Gasteiger partial charge is 0.173 e. The van der Waals surface area contributed by atoms with Crippen LogP contribution in [0.15, 0.2) is 42.5 Å². The number of ether oxygens (including phenoxy) is 2. The summed E-state index contributed by atoms with van der Waals surface area (Å²) in [7, 11) is 3.28. The van der Waals surface area contributed by atoms with Crippen molar-refractivity contribution in [3.63, 3.8) is 0 Å². The van der Waals surface area contributed by atoms with Gasteiger partial charge in [0.2, 0.25) is 0 Å². The number of nitrogens with zero attached hydrogens (tertiary/aromatic N) is 4. The summed E-state index contributed by atoms with van der Waals surface area (Å²) >= 11 is 0. The van der Waals surface area contributed by atoms with Crippen LogP contribution in [0.5, 0.6) is 17.2 Å². The molecule has 1 N–H and O–H groups in total. The monoisotopic (exact) mass is 343 g/mol. The summed E-state index contributed by atoms with van der Waals surface area (Å²) in [5, 5.41) is 14.5. The van der Waals surface area contributed by atoms with Gasteiger partial charge in [0.15, 0.2) is 28.9 Å². The summed E-state index contributed by atoms with van der Waals surface area (Å²) in [5.41, 5.74) is 0.598. The van der Waals surface area contributed by atoms with E-state index in [2.05, 4.69) is 20.8 Å². The fourth-order valence-corrected chi connectivity index (χ4v) is 2.41. The predicted octanol–water partition coefficient (Wildman–Crippen LogP) is 3.32. The zero-order chi connectivity index (χ0) is 17.8. The van der Waals surface area contributed by atoms with E-state index in [1.54, 1.807) is 42.1 Å². The lowest BCUT2D eigenvalue weighted by molar-refractivity contribution is 0.371. The number of halogens is 1. The number of rotatable bonds is 6. The van der Waals surface area contributed by atoms with Crippen LogP contribution in [0.3, 0.4) is 0 Å². The zero-order valence-corrected chi connectivity index (χ0v) is 14.1. The molecule has 7 nitrogen and oxygen atoms in total. The third kappa shape index (κ3) is 3.68. The molecule has 1 aromatic heterocycles.